The molecule has 0 fully saturated rings. The standard InChI is InChI=1S/C14H18N4O2/c1-2-11-12-4-3-5-17(12)6-7-18(11)9-10-8-15-16-13(10)14(19)20/h3-5,8,11H,2,6-7,9H2,1H3,(H,15,16)(H,19,20). The average Bonchev–Trinajstić information content (AvgIpc) is 3.06. The Balaban J connectivity index is 1.84. The molecule has 106 valence electrons. The smallest absolute Gasteiger partial charge is 0.354 e. The van der Waals surface area contributed by atoms with Crippen molar-refractivity contribution in [2.45, 2.75) is 32.5 Å². The van der Waals surface area contributed by atoms with Gasteiger partial charge in [-0.1, -0.05) is 6.92 Å². The molecule has 3 rings (SSSR count). The highest BCUT2D eigenvalue weighted by Crippen LogP contribution is 2.30. The third-order valence-corrected chi connectivity index (χ3v) is 3.97. The van der Waals surface area contributed by atoms with Gasteiger partial charge in [-0.05, 0) is 18.6 Å². The summed E-state index contributed by atoms with van der Waals surface area (Å²) in [7, 11) is 0. The van der Waals surface area contributed by atoms with Crippen LogP contribution >= 0.6 is 0 Å². The van der Waals surface area contributed by atoms with Gasteiger partial charge in [-0.3, -0.25) is 10.00 Å². The van der Waals surface area contributed by atoms with Crippen LogP contribution in [0.3, 0.4) is 0 Å². The van der Waals surface area contributed by atoms with E-state index in [1.807, 2.05) is 0 Å². The van der Waals surface area contributed by atoms with Gasteiger partial charge < -0.3 is 9.67 Å². The van der Waals surface area contributed by atoms with Gasteiger partial charge in [-0.15, -0.1) is 0 Å². The van der Waals surface area contributed by atoms with E-state index in [1.165, 1.54) is 5.69 Å². The number of aromatic carboxylic acids is 1. The molecule has 2 aromatic rings. The molecular weight excluding hydrogens is 256 g/mol. The summed E-state index contributed by atoms with van der Waals surface area (Å²) in [6.45, 7) is 4.64. The molecule has 1 unspecified atom stereocenters. The maximum absolute atomic E-state index is 11.1. The predicted octanol–water partition coefficient (Wildman–Crippen LogP) is 1.88. The number of carboxylic acid groups (broad SMARTS) is 1. The molecule has 6 heteroatoms. The highest BCUT2D eigenvalue weighted by atomic mass is 16.4. The largest absolute Gasteiger partial charge is 0.477 e. The summed E-state index contributed by atoms with van der Waals surface area (Å²) in [5.41, 5.74) is 2.25. The minimum atomic E-state index is -0.953. The first-order valence-electron chi connectivity index (χ1n) is 6.85. The van der Waals surface area contributed by atoms with E-state index in [0.717, 1.165) is 25.1 Å². The Bertz CT molecular complexity index is 616. The number of carbonyl (C=O) groups is 1. The van der Waals surface area contributed by atoms with Crippen LogP contribution in [0.25, 0.3) is 0 Å². The van der Waals surface area contributed by atoms with Crippen LogP contribution in [0.4, 0.5) is 0 Å². The lowest BCUT2D eigenvalue weighted by Crippen LogP contribution is -2.37. The van der Waals surface area contributed by atoms with Crippen molar-refractivity contribution in [3.8, 4) is 0 Å². The fourth-order valence-electron chi connectivity index (χ4n) is 3.00. The molecule has 3 heterocycles. The zero-order valence-corrected chi connectivity index (χ0v) is 11.4. The molecule has 1 aliphatic heterocycles. The summed E-state index contributed by atoms with van der Waals surface area (Å²) < 4.78 is 2.28. The van der Waals surface area contributed by atoms with E-state index in [0.29, 0.717) is 12.6 Å². The number of aromatic nitrogens is 3. The maximum atomic E-state index is 11.1. The molecule has 2 aromatic heterocycles. The number of hydrogen-bond donors (Lipinski definition) is 2. The van der Waals surface area contributed by atoms with Crippen LogP contribution in [-0.2, 0) is 13.1 Å². The van der Waals surface area contributed by atoms with Crippen molar-refractivity contribution in [2.24, 2.45) is 0 Å². The van der Waals surface area contributed by atoms with Crippen molar-refractivity contribution in [1.29, 1.82) is 0 Å². The van der Waals surface area contributed by atoms with Gasteiger partial charge in [0.25, 0.3) is 0 Å². The number of nitrogens with one attached hydrogen (secondary N) is 1. The van der Waals surface area contributed by atoms with Crippen LogP contribution in [0.15, 0.2) is 24.5 Å². The molecule has 0 saturated heterocycles. The molecule has 0 amide bonds. The summed E-state index contributed by atoms with van der Waals surface area (Å²) in [5, 5.41) is 15.6. The molecule has 0 aliphatic carbocycles. The number of H-pyrrole nitrogens is 1. The molecule has 20 heavy (non-hydrogen) atoms. The number of aromatic amines is 1. The highest BCUT2D eigenvalue weighted by molar-refractivity contribution is 5.86. The minimum Gasteiger partial charge on any atom is -0.477 e. The number of fused-ring (bicyclic) bond motifs is 1. The normalized spacial score (nSPS) is 18.9. The van der Waals surface area contributed by atoms with Gasteiger partial charge in [-0.25, -0.2) is 4.79 Å². The van der Waals surface area contributed by atoms with Gasteiger partial charge in [0.2, 0.25) is 0 Å². The Morgan fingerprint density at radius 1 is 1.55 bits per heavy atom. The molecule has 0 aromatic carbocycles. The Kier molecular flexibility index (Phi) is 3.31. The number of nitrogens with zero attached hydrogens (tertiary/aromatic N) is 3. The lowest BCUT2D eigenvalue weighted by atomic mass is 10.1. The van der Waals surface area contributed by atoms with E-state index in [9.17, 15) is 4.79 Å². The van der Waals surface area contributed by atoms with Crippen LogP contribution in [0, 0.1) is 0 Å². The number of rotatable bonds is 4. The van der Waals surface area contributed by atoms with Crippen molar-refractivity contribution in [2.75, 3.05) is 6.54 Å². The van der Waals surface area contributed by atoms with Crippen molar-refractivity contribution >= 4 is 5.97 Å². The summed E-state index contributed by atoms with van der Waals surface area (Å²) in [6.07, 6.45) is 4.73. The topological polar surface area (TPSA) is 74.2 Å². The molecule has 1 atom stereocenters. The monoisotopic (exact) mass is 274 g/mol. The van der Waals surface area contributed by atoms with E-state index < -0.39 is 5.97 Å². The Hall–Kier alpha value is -2.08. The van der Waals surface area contributed by atoms with Gasteiger partial charge in [0.15, 0.2) is 0 Å². The minimum absolute atomic E-state index is 0.195. The number of hydrogen-bond acceptors (Lipinski definition) is 3. The number of carboxylic acids is 1. The molecule has 0 spiro atoms. The summed E-state index contributed by atoms with van der Waals surface area (Å²) in [6, 6.07) is 4.55. The summed E-state index contributed by atoms with van der Waals surface area (Å²) in [4.78, 5) is 13.5. The van der Waals surface area contributed by atoms with Gasteiger partial charge in [-0.2, -0.15) is 5.10 Å². The molecule has 0 bridgehead atoms. The Morgan fingerprint density at radius 2 is 2.40 bits per heavy atom. The average molecular weight is 274 g/mol. The van der Waals surface area contributed by atoms with Crippen molar-refractivity contribution in [3.05, 3.63) is 41.5 Å². The first kappa shape index (κ1) is 12.9. The SMILES string of the molecule is CCC1c2cccn2CCN1Cc1cn[nH]c1C(=O)O. The second-order valence-corrected chi connectivity index (χ2v) is 5.10. The molecule has 1 aliphatic rings. The molecular formula is C14H18N4O2. The molecule has 0 saturated carbocycles. The van der Waals surface area contributed by atoms with Crippen molar-refractivity contribution in [3.63, 3.8) is 0 Å². The van der Waals surface area contributed by atoms with E-state index in [2.05, 4.69) is 44.9 Å². The zero-order chi connectivity index (χ0) is 14.1. The van der Waals surface area contributed by atoms with E-state index in [4.69, 9.17) is 5.11 Å². The van der Waals surface area contributed by atoms with E-state index >= 15 is 0 Å². The van der Waals surface area contributed by atoms with Gasteiger partial charge in [0, 0.05) is 37.1 Å². The van der Waals surface area contributed by atoms with Gasteiger partial charge in [0.05, 0.1) is 12.2 Å². The first-order chi connectivity index (χ1) is 9.70. The van der Waals surface area contributed by atoms with Gasteiger partial charge in [0.1, 0.15) is 5.69 Å². The molecule has 6 nitrogen and oxygen atoms in total. The maximum Gasteiger partial charge on any atom is 0.354 e. The fraction of sp³-hybridized carbons (Fsp3) is 0.429. The lowest BCUT2D eigenvalue weighted by Gasteiger charge is -2.36. The first-order valence-corrected chi connectivity index (χ1v) is 6.85. The van der Waals surface area contributed by atoms with Crippen molar-refractivity contribution in [1.82, 2.24) is 19.7 Å². The Morgan fingerprint density at radius 3 is 3.15 bits per heavy atom. The molecule has 0 radical (unpaired) electrons. The molecule has 2 N–H and O–H groups in total. The van der Waals surface area contributed by atoms with Crippen LogP contribution in [0.5, 0.6) is 0 Å². The van der Waals surface area contributed by atoms with Crippen LogP contribution in [0.1, 0.15) is 41.1 Å². The highest BCUT2D eigenvalue weighted by Gasteiger charge is 2.27. The van der Waals surface area contributed by atoms with Crippen molar-refractivity contribution < 1.29 is 9.90 Å². The van der Waals surface area contributed by atoms with Crippen LogP contribution in [-0.4, -0.2) is 37.3 Å². The predicted molar refractivity (Wildman–Crippen MR) is 73.4 cm³/mol. The van der Waals surface area contributed by atoms with E-state index in [1.54, 1.807) is 6.20 Å². The van der Waals surface area contributed by atoms with E-state index in [-0.39, 0.29) is 5.69 Å². The summed E-state index contributed by atoms with van der Waals surface area (Å²) >= 11 is 0. The quantitative estimate of drug-likeness (QED) is 0.892. The Labute approximate surface area is 117 Å². The third-order valence-electron chi connectivity index (χ3n) is 3.97. The third kappa shape index (κ3) is 2.12. The second-order valence-electron chi connectivity index (χ2n) is 5.10. The van der Waals surface area contributed by atoms with Crippen LogP contribution in [0.2, 0.25) is 0 Å². The lowest BCUT2D eigenvalue weighted by molar-refractivity contribution is 0.0686. The van der Waals surface area contributed by atoms with Crippen LogP contribution < -0.4 is 0 Å². The zero-order valence-electron chi connectivity index (χ0n) is 11.4. The summed E-state index contributed by atoms with van der Waals surface area (Å²) in [5.74, 6) is -0.953. The fourth-order valence-corrected chi connectivity index (χ4v) is 3.00. The second kappa shape index (κ2) is 5.13. The van der Waals surface area contributed by atoms with Gasteiger partial charge >= 0.3 is 5.97 Å².